The molecule has 0 unspecified atom stereocenters. The van der Waals surface area contributed by atoms with Crippen LogP contribution in [0, 0.1) is 24.0 Å². The van der Waals surface area contributed by atoms with Crippen molar-refractivity contribution < 1.29 is 18.7 Å². The molecule has 0 spiro atoms. The second kappa shape index (κ2) is 7.91. The van der Waals surface area contributed by atoms with Crippen LogP contribution >= 0.6 is 0 Å². The highest BCUT2D eigenvalue weighted by Gasteiger charge is 2.26. The number of carbonyl (C=O) groups is 1. The summed E-state index contributed by atoms with van der Waals surface area (Å²) in [6.07, 6.45) is 6.87. The minimum atomic E-state index is -0.886. The molecule has 0 saturated carbocycles. The molecule has 0 bridgehead atoms. The molecule has 2 heterocycles. The third-order valence-corrected chi connectivity index (χ3v) is 6.17. The van der Waals surface area contributed by atoms with Crippen molar-refractivity contribution >= 4 is 22.6 Å². The maximum Gasteiger partial charge on any atom is 0.307 e. The van der Waals surface area contributed by atoms with Gasteiger partial charge in [0.1, 0.15) is 5.65 Å². The van der Waals surface area contributed by atoms with E-state index in [4.69, 9.17) is 4.98 Å². The van der Waals surface area contributed by atoms with Gasteiger partial charge in [-0.15, -0.1) is 0 Å². The molecule has 3 aromatic rings. The molecule has 0 saturated heterocycles. The Hall–Kier alpha value is -3.02. The Bertz CT molecular complexity index is 1210. The molecule has 1 aliphatic rings. The van der Waals surface area contributed by atoms with Gasteiger partial charge >= 0.3 is 5.97 Å². The second-order valence-corrected chi connectivity index (χ2v) is 9.15. The third kappa shape index (κ3) is 4.24. The van der Waals surface area contributed by atoms with Crippen LogP contribution in [0.1, 0.15) is 55.5 Å². The average Bonchev–Trinajstić information content (AvgIpc) is 3.07. The smallest absolute Gasteiger partial charge is 0.307 e. The lowest BCUT2D eigenvalue weighted by molar-refractivity contribution is -0.136. The van der Waals surface area contributed by atoms with Gasteiger partial charge < -0.3 is 9.67 Å². The van der Waals surface area contributed by atoms with Crippen molar-refractivity contribution in [3.05, 3.63) is 70.6 Å². The third-order valence-electron chi connectivity index (χ3n) is 6.17. The lowest BCUT2D eigenvalue weighted by Gasteiger charge is -2.29. The van der Waals surface area contributed by atoms with Gasteiger partial charge in [-0.25, -0.2) is 13.8 Å². The highest BCUT2D eigenvalue weighted by Crippen LogP contribution is 2.41. The number of halogens is 2. The number of allylic oxidation sites excluding steroid dienone is 2. The first-order valence-corrected chi connectivity index (χ1v) is 10.5. The standard InChI is InChI=1S/C25H26F2N2O2/c1-15-19(13-22(30)31)23(17-6-9-25(2,3)10-7-17)18-8-11-29(24(18)28-15)14-16-4-5-20(26)21(27)12-16/h4-6,8,11-12H,7,9-10,13-14H2,1-3H3,(H,30,31). The van der Waals surface area contributed by atoms with E-state index in [0.717, 1.165) is 53.1 Å². The minimum Gasteiger partial charge on any atom is -0.481 e. The van der Waals surface area contributed by atoms with E-state index >= 15 is 0 Å². The number of hydrogen-bond donors (Lipinski definition) is 1. The topological polar surface area (TPSA) is 55.1 Å². The van der Waals surface area contributed by atoms with Crippen LogP contribution in [0.2, 0.25) is 0 Å². The number of pyridine rings is 1. The highest BCUT2D eigenvalue weighted by molar-refractivity contribution is 5.94. The Balaban J connectivity index is 1.84. The summed E-state index contributed by atoms with van der Waals surface area (Å²) < 4.78 is 28.9. The molecule has 1 aliphatic carbocycles. The summed E-state index contributed by atoms with van der Waals surface area (Å²) >= 11 is 0. The van der Waals surface area contributed by atoms with Gasteiger partial charge in [-0.2, -0.15) is 0 Å². The molecule has 0 aliphatic heterocycles. The number of rotatable bonds is 5. The van der Waals surface area contributed by atoms with Crippen LogP contribution in [0.25, 0.3) is 16.6 Å². The normalized spacial score (nSPS) is 15.8. The predicted octanol–water partition coefficient (Wildman–Crippen LogP) is 5.89. The summed E-state index contributed by atoms with van der Waals surface area (Å²) in [5.41, 5.74) is 5.14. The van der Waals surface area contributed by atoms with E-state index in [-0.39, 0.29) is 11.8 Å². The number of aromatic nitrogens is 2. The fourth-order valence-corrected chi connectivity index (χ4v) is 4.35. The fourth-order valence-electron chi connectivity index (χ4n) is 4.35. The van der Waals surface area contributed by atoms with Gasteiger partial charge in [-0.3, -0.25) is 4.79 Å². The van der Waals surface area contributed by atoms with Gasteiger partial charge in [-0.1, -0.05) is 26.0 Å². The monoisotopic (exact) mass is 424 g/mol. The van der Waals surface area contributed by atoms with Gasteiger partial charge in [0.25, 0.3) is 0 Å². The summed E-state index contributed by atoms with van der Waals surface area (Å²) in [5.74, 6) is -2.64. The molecule has 0 amide bonds. The van der Waals surface area contributed by atoms with Crippen LogP contribution in [-0.2, 0) is 17.8 Å². The zero-order valence-electron chi connectivity index (χ0n) is 18.0. The van der Waals surface area contributed by atoms with Crippen molar-refractivity contribution in [1.82, 2.24) is 9.55 Å². The Morgan fingerprint density at radius 1 is 1.23 bits per heavy atom. The first-order valence-electron chi connectivity index (χ1n) is 10.5. The molecule has 31 heavy (non-hydrogen) atoms. The van der Waals surface area contributed by atoms with Gasteiger partial charge in [0.2, 0.25) is 0 Å². The van der Waals surface area contributed by atoms with Crippen LogP contribution in [0.4, 0.5) is 8.78 Å². The van der Waals surface area contributed by atoms with Crippen LogP contribution in [0.15, 0.2) is 36.5 Å². The van der Waals surface area contributed by atoms with E-state index in [9.17, 15) is 18.7 Å². The van der Waals surface area contributed by atoms with Gasteiger partial charge in [0.15, 0.2) is 11.6 Å². The highest BCUT2D eigenvalue weighted by atomic mass is 19.2. The predicted molar refractivity (Wildman–Crippen MR) is 117 cm³/mol. The van der Waals surface area contributed by atoms with Crippen LogP contribution < -0.4 is 0 Å². The SMILES string of the molecule is Cc1nc2c(ccn2Cc2ccc(F)c(F)c2)c(C2=CCC(C)(C)CC2)c1CC(=O)O. The number of benzene rings is 1. The van der Waals surface area contributed by atoms with Crippen molar-refractivity contribution in [2.75, 3.05) is 0 Å². The zero-order chi connectivity index (χ0) is 22.3. The summed E-state index contributed by atoms with van der Waals surface area (Å²) in [6, 6.07) is 5.82. The number of carboxylic acids is 1. The van der Waals surface area contributed by atoms with Crippen molar-refractivity contribution in [3.63, 3.8) is 0 Å². The van der Waals surface area contributed by atoms with Crippen molar-refractivity contribution in [2.24, 2.45) is 5.41 Å². The second-order valence-electron chi connectivity index (χ2n) is 9.15. The number of hydrogen-bond acceptors (Lipinski definition) is 2. The molecule has 162 valence electrons. The van der Waals surface area contributed by atoms with Gasteiger partial charge in [-0.05, 0) is 72.1 Å². The molecular weight excluding hydrogens is 398 g/mol. The molecule has 1 aromatic carbocycles. The van der Waals surface area contributed by atoms with E-state index in [1.54, 1.807) is 6.07 Å². The van der Waals surface area contributed by atoms with E-state index in [1.807, 2.05) is 23.8 Å². The van der Waals surface area contributed by atoms with Gasteiger partial charge in [0.05, 0.1) is 6.42 Å². The maximum absolute atomic E-state index is 13.7. The first-order chi connectivity index (χ1) is 14.6. The number of nitrogens with zero attached hydrogens (tertiary/aromatic N) is 2. The lowest BCUT2D eigenvalue weighted by Crippen LogP contribution is -2.16. The van der Waals surface area contributed by atoms with E-state index in [2.05, 4.69) is 19.9 Å². The Morgan fingerprint density at radius 3 is 2.65 bits per heavy atom. The maximum atomic E-state index is 13.7. The van der Waals surface area contributed by atoms with Crippen LogP contribution in [-0.4, -0.2) is 20.6 Å². The molecule has 4 rings (SSSR count). The fraction of sp³-hybridized carbons (Fsp3) is 0.360. The van der Waals surface area contributed by atoms with Crippen LogP contribution in [0.5, 0.6) is 0 Å². The molecular formula is C25H26F2N2O2. The number of carboxylic acid groups (broad SMARTS) is 1. The zero-order valence-corrected chi connectivity index (χ0v) is 18.0. The number of aliphatic carboxylic acids is 1. The Kier molecular flexibility index (Phi) is 5.42. The first kappa shape index (κ1) is 21.2. The summed E-state index contributed by atoms with van der Waals surface area (Å²) in [5, 5.41) is 10.4. The molecule has 6 heteroatoms. The van der Waals surface area contributed by atoms with E-state index in [1.165, 1.54) is 6.07 Å². The van der Waals surface area contributed by atoms with Crippen molar-refractivity contribution in [3.8, 4) is 0 Å². The Labute approximate surface area is 180 Å². The van der Waals surface area contributed by atoms with Crippen LogP contribution in [0.3, 0.4) is 0 Å². The molecule has 1 N–H and O–H groups in total. The average molecular weight is 424 g/mol. The molecule has 2 aromatic heterocycles. The molecule has 0 atom stereocenters. The van der Waals surface area contributed by atoms with Crippen molar-refractivity contribution in [1.29, 1.82) is 0 Å². The molecule has 0 fully saturated rings. The Morgan fingerprint density at radius 2 is 2.00 bits per heavy atom. The number of fused-ring (bicyclic) bond motifs is 1. The lowest BCUT2D eigenvalue weighted by atomic mass is 9.76. The summed E-state index contributed by atoms with van der Waals surface area (Å²) in [7, 11) is 0. The quantitative estimate of drug-likeness (QED) is 0.555. The summed E-state index contributed by atoms with van der Waals surface area (Å²) in [4.78, 5) is 16.3. The minimum absolute atomic E-state index is 0.0841. The molecule has 0 radical (unpaired) electrons. The van der Waals surface area contributed by atoms with E-state index in [0.29, 0.717) is 17.8 Å². The largest absolute Gasteiger partial charge is 0.481 e. The summed E-state index contributed by atoms with van der Waals surface area (Å²) in [6.45, 7) is 6.66. The van der Waals surface area contributed by atoms with Crippen molar-refractivity contribution in [2.45, 2.75) is 53.0 Å². The van der Waals surface area contributed by atoms with Gasteiger partial charge in [0, 0.05) is 23.8 Å². The van der Waals surface area contributed by atoms with E-state index < -0.39 is 17.6 Å². The number of aryl methyl sites for hydroxylation is 1. The molecule has 4 nitrogen and oxygen atoms in total.